The Hall–Kier alpha value is -3.71. The molecule has 0 saturated carbocycles. The summed E-state index contributed by atoms with van der Waals surface area (Å²) in [5, 5.41) is 4.47. The van der Waals surface area contributed by atoms with Crippen molar-refractivity contribution in [2.75, 3.05) is 7.11 Å². The lowest BCUT2D eigenvalue weighted by atomic mass is 10.2. The van der Waals surface area contributed by atoms with Crippen molar-refractivity contribution >= 4 is 29.7 Å². The van der Waals surface area contributed by atoms with Crippen molar-refractivity contribution in [3.05, 3.63) is 88.7 Å². The number of carbonyl (C=O) groups excluding carboxylic acids is 2. The van der Waals surface area contributed by atoms with Crippen molar-refractivity contribution in [1.82, 2.24) is 10.4 Å². The van der Waals surface area contributed by atoms with E-state index in [0.29, 0.717) is 27.5 Å². The maximum absolute atomic E-state index is 12.2. The third kappa shape index (κ3) is 5.40. The number of hydrazone groups is 1. The van der Waals surface area contributed by atoms with Crippen molar-refractivity contribution in [3.8, 4) is 11.5 Å². The van der Waals surface area contributed by atoms with Gasteiger partial charge in [0.1, 0.15) is 0 Å². The molecule has 1 heterocycles. The van der Waals surface area contributed by atoms with E-state index in [1.165, 1.54) is 19.5 Å². The molecular weight excluding hydrogens is 394 g/mol. The van der Waals surface area contributed by atoms with E-state index in [2.05, 4.69) is 15.5 Å². The number of amides is 1. The fourth-order valence-corrected chi connectivity index (χ4v) is 2.45. The first-order valence-electron chi connectivity index (χ1n) is 8.46. The van der Waals surface area contributed by atoms with Gasteiger partial charge < -0.3 is 9.47 Å². The molecule has 0 aliphatic carbocycles. The number of hydrogen-bond donors (Lipinski definition) is 1. The highest BCUT2D eigenvalue weighted by atomic mass is 35.5. The van der Waals surface area contributed by atoms with Gasteiger partial charge in [-0.2, -0.15) is 5.10 Å². The van der Waals surface area contributed by atoms with Crippen LogP contribution in [-0.4, -0.2) is 30.2 Å². The summed E-state index contributed by atoms with van der Waals surface area (Å²) in [4.78, 5) is 28.1. The minimum atomic E-state index is -0.548. The van der Waals surface area contributed by atoms with E-state index in [1.807, 2.05) is 0 Å². The number of methoxy groups -OCH3 is 1. The maximum Gasteiger partial charge on any atom is 0.345 e. The average Bonchev–Trinajstić information content (AvgIpc) is 2.75. The maximum atomic E-state index is 12.2. The monoisotopic (exact) mass is 409 g/mol. The lowest BCUT2D eigenvalue weighted by Crippen LogP contribution is -2.17. The minimum Gasteiger partial charge on any atom is -0.493 e. The number of halogens is 1. The van der Waals surface area contributed by atoms with Crippen molar-refractivity contribution < 1.29 is 19.1 Å². The summed E-state index contributed by atoms with van der Waals surface area (Å²) in [6.07, 6.45) is 4.43. The molecule has 3 rings (SSSR count). The summed E-state index contributed by atoms with van der Waals surface area (Å²) >= 11 is 5.80. The molecule has 0 spiro atoms. The van der Waals surface area contributed by atoms with Gasteiger partial charge in [0.05, 0.1) is 18.9 Å². The molecule has 29 heavy (non-hydrogen) atoms. The Kier molecular flexibility index (Phi) is 6.55. The van der Waals surface area contributed by atoms with Crippen LogP contribution in [0.1, 0.15) is 26.3 Å². The fourth-order valence-electron chi connectivity index (χ4n) is 2.32. The summed E-state index contributed by atoms with van der Waals surface area (Å²) in [6, 6.07) is 14.6. The highest BCUT2D eigenvalue weighted by Crippen LogP contribution is 2.28. The van der Waals surface area contributed by atoms with Crippen LogP contribution in [0.2, 0.25) is 5.02 Å². The first-order valence-corrected chi connectivity index (χ1v) is 8.84. The molecule has 146 valence electrons. The summed E-state index contributed by atoms with van der Waals surface area (Å²) in [5.74, 6) is -0.320. The standard InChI is InChI=1S/C21H16ClN3O4/c1-28-19-11-14(12-24-25-20(26)15-5-7-17(22)8-6-15)4-9-18(19)29-21(27)16-3-2-10-23-13-16/h2-13H,1H3,(H,25,26)/b24-12-. The van der Waals surface area contributed by atoms with E-state index in [0.717, 1.165) is 0 Å². The second-order valence-corrected chi connectivity index (χ2v) is 6.18. The highest BCUT2D eigenvalue weighted by Gasteiger charge is 2.13. The van der Waals surface area contributed by atoms with Gasteiger partial charge in [0.2, 0.25) is 0 Å². The molecule has 0 unspecified atom stereocenters. The molecule has 0 aliphatic heterocycles. The zero-order valence-electron chi connectivity index (χ0n) is 15.3. The van der Waals surface area contributed by atoms with Gasteiger partial charge in [0, 0.05) is 23.0 Å². The number of benzene rings is 2. The molecule has 0 atom stereocenters. The lowest BCUT2D eigenvalue weighted by Gasteiger charge is -2.09. The second kappa shape index (κ2) is 9.48. The first-order chi connectivity index (χ1) is 14.1. The predicted molar refractivity (Wildman–Crippen MR) is 109 cm³/mol. The normalized spacial score (nSPS) is 10.6. The van der Waals surface area contributed by atoms with E-state index in [4.69, 9.17) is 21.1 Å². The Labute approximate surface area is 171 Å². The third-order valence-electron chi connectivity index (χ3n) is 3.77. The Balaban J connectivity index is 1.66. The molecule has 2 aromatic carbocycles. The quantitative estimate of drug-likeness (QED) is 0.290. The number of nitrogens with zero attached hydrogens (tertiary/aromatic N) is 2. The predicted octanol–water partition coefficient (Wildman–Crippen LogP) is 3.73. The number of esters is 1. The van der Waals surface area contributed by atoms with Crippen LogP contribution in [-0.2, 0) is 0 Å². The summed E-state index contributed by atoms with van der Waals surface area (Å²) < 4.78 is 10.6. The van der Waals surface area contributed by atoms with Crippen LogP contribution < -0.4 is 14.9 Å². The van der Waals surface area contributed by atoms with Crippen molar-refractivity contribution in [2.24, 2.45) is 5.10 Å². The minimum absolute atomic E-state index is 0.253. The van der Waals surface area contributed by atoms with Crippen LogP contribution >= 0.6 is 11.6 Å². The number of rotatable bonds is 6. The number of hydrogen-bond acceptors (Lipinski definition) is 6. The topological polar surface area (TPSA) is 89.9 Å². The smallest absolute Gasteiger partial charge is 0.345 e. The van der Waals surface area contributed by atoms with E-state index in [1.54, 1.807) is 60.8 Å². The van der Waals surface area contributed by atoms with Gasteiger partial charge in [-0.15, -0.1) is 0 Å². The molecule has 0 saturated heterocycles. The lowest BCUT2D eigenvalue weighted by molar-refractivity contribution is 0.0729. The molecular formula is C21H16ClN3O4. The molecule has 1 N–H and O–H groups in total. The van der Waals surface area contributed by atoms with Crippen molar-refractivity contribution in [1.29, 1.82) is 0 Å². The first kappa shape index (κ1) is 20.0. The molecule has 8 heteroatoms. The number of pyridine rings is 1. The van der Waals surface area contributed by atoms with Gasteiger partial charge in [-0.05, 0) is 60.2 Å². The summed E-state index contributed by atoms with van der Waals surface area (Å²) in [7, 11) is 1.46. The number of nitrogens with one attached hydrogen (secondary N) is 1. The third-order valence-corrected chi connectivity index (χ3v) is 4.03. The van der Waals surface area contributed by atoms with Crippen LogP contribution in [0.15, 0.2) is 72.1 Å². The summed E-state index contributed by atoms with van der Waals surface area (Å²) in [6.45, 7) is 0. The van der Waals surface area contributed by atoms with Gasteiger partial charge in [0.15, 0.2) is 11.5 Å². The van der Waals surface area contributed by atoms with Gasteiger partial charge in [0.25, 0.3) is 5.91 Å². The fraction of sp³-hybridized carbons (Fsp3) is 0.0476. The summed E-state index contributed by atoms with van der Waals surface area (Å²) in [5.41, 5.74) is 3.82. The SMILES string of the molecule is COc1cc(/C=N\NC(=O)c2ccc(Cl)cc2)ccc1OC(=O)c1cccnc1. The molecule has 1 aromatic heterocycles. The van der Waals surface area contributed by atoms with E-state index in [9.17, 15) is 9.59 Å². The average molecular weight is 410 g/mol. The van der Waals surface area contributed by atoms with Crippen molar-refractivity contribution in [3.63, 3.8) is 0 Å². The number of aromatic nitrogens is 1. The molecule has 0 bridgehead atoms. The van der Waals surface area contributed by atoms with Crippen LogP contribution in [0.4, 0.5) is 0 Å². The van der Waals surface area contributed by atoms with Crippen LogP contribution in [0, 0.1) is 0 Å². The number of ether oxygens (including phenoxy) is 2. The largest absolute Gasteiger partial charge is 0.493 e. The Morgan fingerprint density at radius 3 is 2.55 bits per heavy atom. The van der Waals surface area contributed by atoms with E-state index < -0.39 is 5.97 Å². The van der Waals surface area contributed by atoms with Crippen LogP contribution in [0.3, 0.4) is 0 Å². The van der Waals surface area contributed by atoms with Gasteiger partial charge in [-0.1, -0.05) is 11.6 Å². The van der Waals surface area contributed by atoms with Crippen LogP contribution in [0.25, 0.3) is 0 Å². The van der Waals surface area contributed by atoms with E-state index >= 15 is 0 Å². The molecule has 0 radical (unpaired) electrons. The Morgan fingerprint density at radius 2 is 1.86 bits per heavy atom. The van der Waals surface area contributed by atoms with Crippen molar-refractivity contribution in [2.45, 2.75) is 0 Å². The number of carbonyl (C=O) groups is 2. The molecule has 0 fully saturated rings. The molecule has 0 aliphatic rings. The molecule has 7 nitrogen and oxygen atoms in total. The van der Waals surface area contributed by atoms with Gasteiger partial charge in [-0.25, -0.2) is 10.2 Å². The van der Waals surface area contributed by atoms with Gasteiger partial charge >= 0.3 is 5.97 Å². The molecule has 1 amide bonds. The van der Waals surface area contributed by atoms with E-state index in [-0.39, 0.29) is 11.7 Å². The Bertz CT molecular complexity index is 1040. The highest BCUT2D eigenvalue weighted by molar-refractivity contribution is 6.30. The zero-order chi connectivity index (χ0) is 20.6. The Morgan fingerprint density at radius 1 is 1.07 bits per heavy atom. The van der Waals surface area contributed by atoms with Gasteiger partial charge in [-0.3, -0.25) is 9.78 Å². The zero-order valence-corrected chi connectivity index (χ0v) is 16.1. The second-order valence-electron chi connectivity index (χ2n) is 5.75. The van der Waals surface area contributed by atoms with Crippen LogP contribution in [0.5, 0.6) is 11.5 Å². The molecule has 3 aromatic rings.